The van der Waals surface area contributed by atoms with Crippen LogP contribution in [0.25, 0.3) is 0 Å². The number of aliphatic hydroxyl groups is 2. The van der Waals surface area contributed by atoms with Crippen molar-refractivity contribution in [2.45, 2.75) is 50.9 Å². The summed E-state index contributed by atoms with van der Waals surface area (Å²) in [5.41, 5.74) is 1.10. The normalized spacial score (nSPS) is 23.8. The molecule has 7 heteroatoms. The summed E-state index contributed by atoms with van der Waals surface area (Å²) in [4.78, 5) is 11.1. The number of aliphatic hydroxyl groups excluding tert-OH is 2. The van der Waals surface area contributed by atoms with Crippen molar-refractivity contribution in [3.05, 3.63) is 48.0 Å². The van der Waals surface area contributed by atoms with Crippen molar-refractivity contribution < 1.29 is 24.5 Å². The van der Waals surface area contributed by atoms with E-state index in [0.717, 1.165) is 18.4 Å². The molecular weight excluding hydrogens is 390 g/mol. The van der Waals surface area contributed by atoms with E-state index in [9.17, 15) is 15.0 Å². The minimum atomic E-state index is -0.611. The molecule has 0 amide bonds. The third-order valence-electron chi connectivity index (χ3n) is 5.26. The fourth-order valence-electron chi connectivity index (χ4n) is 3.56. The van der Waals surface area contributed by atoms with E-state index in [4.69, 9.17) is 17.0 Å². The van der Waals surface area contributed by atoms with Crippen molar-refractivity contribution in [1.29, 1.82) is 0 Å². The molecule has 0 aliphatic heterocycles. The molecule has 29 heavy (non-hydrogen) atoms. The van der Waals surface area contributed by atoms with Crippen molar-refractivity contribution in [2.24, 2.45) is 11.8 Å². The number of hydrogen-bond donors (Lipinski definition) is 3. The molecule has 0 heterocycles. The monoisotopic (exact) mass is 421 g/mol. The number of benzene rings is 1. The number of carbonyl (C=O) groups is 1. The van der Waals surface area contributed by atoms with Crippen LogP contribution in [-0.4, -0.2) is 47.3 Å². The van der Waals surface area contributed by atoms with Crippen LogP contribution in [0.3, 0.4) is 0 Å². The fraction of sp³-hybridized carbons (Fsp3) is 0.545. The van der Waals surface area contributed by atoms with E-state index in [2.05, 4.69) is 10.1 Å². The number of thiocarbonyl (C=S) groups is 1. The summed E-state index contributed by atoms with van der Waals surface area (Å²) >= 11 is 5.23. The van der Waals surface area contributed by atoms with E-state index in [-0.39, 0.29) is 24.4 Å². The zero-order valence-corrected chi connectivity index (χ0v) is 17.6. The lowest BCUT2D eigenvalue weighted by Crippen LogP contribution is -2.31. The van der Waals surface area contributed by atoms with Gasteiger partial charge in [-0.25, -0.2) is 0 Å². The van der Waals surface area contributed by atoms with Crippen LogP contribution < -0.4 is 5.32 Å². The summed E-state index contributed by atoms with van der Waals surface area (Å²) in [5.74, 6) is -0.471. The van der Waals surface area contributed by atoms with Gasteiger partial charge in [0.1, 0.15) is 0 Å². The number of allylic oxidation sites excluding steroid dienone is 2. The van der Waals surface area contributed by atoms with Crippen LogP contribution in [0, 0.1) is 11.8 Å². The maximum Gasteiger partial charge on any atom is 0.305 e. The molecule has 4 unspecified atom stereocenters. The smallest absolute Gasteiger partial charge is 0.305 e. The maximum atomic E-state index is 11.1. The van der Waals surface area contributed by atoms with Crippen LogP contribution in [0.1, 0.15) is 37.7 Å². The second-order valence-electron chi connectivity index (χ2n) is 7.31. The van der Waals surface area contributed by atoms with Crippen LogP contribution in [-0.2, 0) is 20.8 Å². The van der Waals surface area contributed by atoms with E-state index < -0.39 is 12.2 Å². The highest BCUT2D eigenvalue weighted by Crippen LogP contribution is 2.35. The molecule has 1 fully saturated rings. The van der Waals surface area contributed by atoms with E-state index in [1.54, 1.807) is 0 Å². The highest BCUT2D eigenvalue weighted by molar-refractivity contribution is 7.80. The number of nitrogens with one attached hydrogen (secondary N) is 1. The van der Waals surface area contributed by atoms with Crippen molar-refractivity contribution in [3.63, 3.8) is 0 Å². The summed E-state index contributed by atoms with van der Waals surface area (Å²) in [6.45, 7) is 0.840. The van der Waals surface area contributed by atoms with Gasteiger partial charge in [-0.15, -0.1) is 0 Å². The highest BCUT2D eigenvalue weighted by Gasteiger charge is 2.41. The molecule has 0 radical (unpaired) electrons. The minimum Gasteiger partial charge on any atom is -0.471 e. The van der Waals surface area contributed by atoms with Gasteiger partial charge in [0.05, 0.1) is 25.9 Å². The Morgan fingerprint density at radius 2 is 1.93 bits per heavy atom. The first-order valence-electron chi connectivity index (χ1n) is 10.0. The molecule has 6 nitrogen and oxygen atoms in total. The maximum absolute atomic E-state index is 11.1. The van der Waals surface area contributed by atoms with Gasteiger partial charge in [0.15, 0.2) is 0 Å². The van der Waals surface area contributed by atoms with Gasteiger partial charge in [0, 0.05) is 18.9 Å². The highest BCUT2D eigenvalue weighted by atomic mass is 32.1. The van der Waals surface area contributed by atoms with Crippen molar-refractivity contribution in [2.75, 3.05) is 13.7 Å². The van der Waals surface area contributed by atoms with Crippen LogP contribution in [0.2, 0.25) is 0 Å². The number of ether oxygens (including phenoxy) is 2. The van der Waals surface area contributed by atoms with Gasteiger partial charge in [-0.2, -0.15) is 0 Å². The number of hydrogen-bond acceptors (Lipinski definition) is 6. The predicted molar refractivity (Wildman–Crippen MR) is 115 cm³/mol. The molecule has 0 aromatic heterocycles. The van der Waals surface area contributed by atoms with Gasteiger partial charge < -0.3 is 25.0 Å². The Balaban J connectivity index is 1.73. The van der Waals surface area contributed by atoms with Gasteiger partial charge in [0.2, 0.25) is 0 Å². The van der Waals surface area contributed by atoms with Crippen LogP contribution in [0.4, 0.5) is 0 Å². The summed E-state index contributed by atoms with van der Waals surface area (Å²) < 4.78 is 10.3. The Hall–Kier alpha value is -1.96. The van der Waals surface area contributed by atoms with E-state index in [0.29, 0.717) is 31.0 Å². The quantitative estimate of drug-likeness (QED) is 0.232. The van der Waals surface area contributed by atoms with Crippen molar-refractivity contribution >= 4 is 23.4 Å². The summed E-state index contributed by atoms with van der Waals surface area (Å²) in [6, 6.07) is 9.88. The van der Waals surface area contributed by atoms with Gasteiger partial charge in [-0.05, 0) is 49.4 Å². The Kier molecular flexibility index (Phi) is 10.1. The molecule has 1 saturated carbocycles. The molecule has 3 N–H and O–H groups in total. The average Bonchev–Trinajstić information content (AvgIpc) is 3.00. The number of unbranched alkanes of at least 4 members (excludes halogenated alkanes) is 1. The lowest BCUT2D eigenvalue weighted by molar-refractivity contribution is -0.140. The number of carbonyl (C=O) groups excluding carboxylic acids is 1. The second-order valence-corrected chi connectivity index (χ2v) is 7.68. The molecule has 1 aliphatic rings. The molecule has 160 valence electrons. The van der Waals surface area contributed by atoms with Crippen LogP contribution in [0.5, 0.6) is 0 Å². The average molecular weight is 422 g/mol. The van der Waals surface area contributed by atoms with Crippen molar-refractivity contribution in [3.8, 4) is 0 Å². The van der Waals surface area contributed by atoms with E-state index >= 15 is 0 Å². The summed E-state index contributed by atoms with van der Waals surface area (Å²) in [5, 5.41) is 23.9. The Morgan fingerprint density at radius 1 is 1.21 bits per heavy atom. The molecule has 1 aliphatic carbocycles. The Labute approximate surface area is 177 Å². The van der Waals surface area contributed by atoms with Crippen LogP contribution in [0.15, 0.2) is 42.5 Å². The third-order valence-corrected chi connectivity index (χ3v) is 5.52. The topological polar surface area (TPSA) is 88.0 Å². The van der Waals surface area contributed by atoms with E-state index in [1.807, 2.05) is 42.5 Å². The van der Waals surface area contributed by atoms with Gasteiger partial charge >= 0.3 is 5.97 Å². The standard InChI is InChI=1S/C22H31NO5S/c1-27-21(26)12-8-3-2-7-11-17-18(20(25)13-19(17)24)15-28-22(29)23-14-16-9-5-4-6-10-16/h2,4-7,9-10,17-20,24-25H,3,8,11-15H2,1H3,(H,23,29)/b7-2+. The molecule has 0 bridgehead atoms. The SMILES string of the molecule is COC(=O)CCC/C=C/CC1C(O)CC(O)C1COC(=S)NCc1ccccc1. The molecular formula is C22H31NO5S. The second kappa shape index (κ2) is 12.6. The molecule has 4 atom stereocenters. The Bertz CT molecular complexity index is 666. The zero-order valence-electron chi connectivity index (χ0n) is 16.8. The number of esters is 1. The molecule has 1 aromatic carbocycles. The first-order chi connectivity index (χ1) is 14.0. The summed E-state index contributed by atoms with van der Waals surface area (Å²) in [7, 11) is 1.38. The third kappa shape index (κ3) is 8.12. The van der Waals surface area contributed by atoms with E-state index in [1.165, 1.54) is 7.11 Å². The zero-order chi connectivity index (χ0) is 21.1. The minimum absolute atomic E-state index is 0.0845. The summed E-state index contributed by atoms with van der Waals surface area (Å²) in [6.07, 6.45) is 5.72. The Morgan fingerprint density at radius 3 is 2.66 bits per heavy atom. The predicted octanol–water partition coefficient (Wildman–Crippen LogP) is 2.73. The first kappa shape index (κ1) is 23.3. The molecule has 2 rings (SSSR count). The number of rotatable bonds is 10. The van der Waals surface area contributed by atoms with Gasteiger partial charge in [-0.3, -0.25) is 4.79 Å². The lowest BCUT2D eigenvalue weighted by Gasteiger charge is -2.23. The van der Waals surface area contributed by atoms with Gasteiger partial charge in [-0.1, -0.05) is 42.5 Å². The molecule has 1 aromatic rings. The van der Waals surface area contributed by atoms with Crippen LogP contribution >= 0.6 is 12.2 Å². The molecule has 0 spiro atoms. The molecule has 0 saturated heterocycles. The fourth-order valence-corrected chi connectivity index (χ4v) is 3.71. The van der Waals surface area contributed by atoms with Gasteiger partial charge in [0.25, 0.3) is 5.17 Å². The number of methoxy groups -OCH3 is 1. The van der Waals surface area contributed by atoms with Crippen molar-refractivity contribution in [1.82, 2.24) is 5.32 Å². The first-order valence-corrected chi connectivity index (χ1v) is 10.4. The largest absolute Gasteiger partial charge is 0.471 e. The lowest BCUT2D eigenvalue weighted by atomic mass is 9.91.